The molecule has 0 heterocycles. The first-order valence-electron chi connectivity index (χ1n) is 10.5. The number of halogens is 1. The van der Waals surface area contributed by atoms with Gasteiger partial charge in [-0.25, -0.2) is 0 Å². The van der Waals surface area contributed by atoms with Gasteiger partial charge in [0.25, 0.3) is 0 Å². The van der Waals surface area contributed by atoms with Crippen molar-refractivity contribution in [3.05, 3.63) is 70.8 Å². The summed E-state index contributed by atoms with van der Waals surface area (Å²) in [5.74, 6) is -0.0545. The van der Waals surface area contributed by atoms with Crippen LogP contribution in [0.2, 0.25) is 5.02 Å². The van der Waals surface area contributed by atoms with Gasteiger partial charge in [-0.05, 0) is 54.5 Å². The molecule has 0 unspecified atom stereocenters. The quantitative estimate of drug-likeness (QED) is 0.226. The van der Waals surface area contributed by atoms with Gasteiger partial charge in [0.2, 0.25) is 5.91 Å². The van der Waals surface area contributed by atoms with Gasteiger partial charge < -0.3 is 5.32 Å². The van der Waals surface area contributed by atoms with E-state index in [2.05, 4.69) is 12.2 Å². The molecule has 29 heavy (non-hydrogen) atoms. The summed E-state index contributed by atoms with van der Waals surface area (Å²) in [4.78, 5) is 24.3. The lowest BCUT2D eigenvalue weighted by Crippen LogP contribution is -2.11. The molecule has 0 saturated carbocycles. The summed E-state index contributed by atoms with van der Waals surface area (Å²) >= 11 is 5.86. The summed E-state index contributed by atoms with van der Waals surface area (Å²) in [6.45, 7) is 2.21. The van der Waals surface area contributed by atoms with Gasteiger partial charge in [-0.3, -0.25) is 9.59 Å². The number of unbranched alkanes of at least 4 members (excludes halogenated alkanes) is 6. The fourth-order valence-corrected chi connectivity index (χ4v) is 3.15. The largest absolute Gasteiger partial charge is 0.326 e. The van der Waals surface area contributed by atoms with Crippen molar-refractivity contribution in [2.45, 2.75) is 58.3 Å². The average Bonchev–Trinajstić information content (AvgIpc) is 2.73. The molecule has 2 rings (SSSR count). The second-order valence-electron chi connectivity index (χ2n) is 7.25. The van der Waals surface area contributed by atoms with E-state index in [4.69, 9.17) is 11.6 Å². The zero-order valence-electron chi connectivity index (χ0n) is 17.1. The lowest BCUT2D eigenvalue weighted by atomic mass is 10.1. The van der Waals surface area contributed by atoms with Gasteiger partial charge in [0, 0.05) is 22.7 Å². The summed E-state index contributed by atoms with van der Waals surface area (Å²) in [6.07, 6.45) is 12.2. The number of carbonyl (C=O) groups excluding carboxylic acids is 2. The number of carbonyl (C=O) groups is 2. The number of amides is 1. The van der Waals surface area contributed by atoms with Crippen LogP contribution in [0.25, 0.3) is 6.08 Å². The van der Waals surface area contributed by atoms with E-state index in [9.17, 15) is 9.59 Å². The molecule has 154 valence electrons. The Morgan fingerprint density at radius 2 is 1.48 bits per heavy atom. The number of benzene rings is 2. The Balaban J connectivity index is 1.73. The van der Waals surface area contributed by atoms with Crippen molar-refractivity contribution in [1.29, 1.82) is 0 Å². The van der Waals surface area contributed by atoms with Gasteiger partial charge in [0.1, 0.15) is 0 Å². The van der Waals surface area contributed by atoms with Crippen LogP contribution in [0.5, 0.6) is 0 Å². The minimum atomic E-state index is -0.0825. The molecule has 2 aromatic rings. The van der Waals surface area contributed by atoms with E-state index < -0.39 is 0 Å². The first-order chi connectivity index (χ1) is 14.1. The van der Waals surface area contributed by atoms with Crippen molar-refractivity contribution in [2.75, 3.05) is 5.32 Å². The minimum absolute atomic E-state index is 0.0280. The van der Waals surface area contributed by atoms with Crippen molar-refractivity contribution >= 4 is 35.1 Å². The Hall–Kier alpha value is -2.39. The van der Waals surface area contributed by atoms with Gasteiger partial charge in [0.15, 0.2) is 5.78 Å². The van der Waals surface area contributed by atoms with Crippen molar-refractivity contribution in [3.63, 3.8) is 0 Å². The summed E-state index contributed by atoms with van der Waals surface area (Å²) < 4.78 is 0. The van der Waals surface area contributed by atoms with Crippen LogP contribution in [0.15, 0.2) is 54.6 Å². The van der Waals surface area contributed by atoms with Gasteiger partial charge >= 0.3 is 0 Å². The Labute approximate surface area is 179 Å². The molecule has 0 aliphatic heterocycles. The third-order valence-electron chi connectivity index (χ3n) is 4.76. The molecule has 0 bridgehead atoms. The van der Waals surface area contributed by atoms with E-state index >= 15 is 0 Å². The van der Waals surface area contributed by atoms with E-state index in [1.807, 2.05) is 12.1 Å². The number of allylic oxidation sites excluding steroid dienone is 1. The number of ketones is 1. The average molecular weight is 412 g/mol. The molecule has 2 aromatic carbocycles. The van der Waals surface area contributed by atoms with Gasteiger partial charge in [-0.2, -0.15) is 0 Å². The van der Waals surface area contributed by atoms with Crippen LogP contribution in [0, 0.1) is 0 Å². The van der Waals surface area contributed by atoms with Crippen molar-refractivity contribution in [3.8, 4) is 0 Å². The molecule has 0 fully saturated rings. The maximum Gasteiger partial charge on any atom is 0.224 e. The van der Waals surface area contributed by atoms with Crippen LogP contribution in [0.3, 0.4) is 0 Å². The maximum absolute atomic E-state index is 12.3. The van der Waals surface area contributed by atoms with Crippen molar-refractivity contribution in [2.24, 2.45) is 0 Å². The predicted molar refractivity (Wildman–Crippen MR) is 122 cm³/mol. The topological polar surface area (TPSA) is 46.2 Å². The molecule has 0 aromatic heterocycles. The van der Waals surface area contributed by atoms with E-state index in [1.54, 1.807) is 42.5 Å². The van der Waals surface area contributed by atoms with Crippen LogP contribution in [0.1, 0.15) is 74.2 Å². The van der Waals surface area contributed by atoms with E-state index in [-0.39, 0.29) is 11.7 Å². The first kappa shape index (κ1) is 22.9. The van der Waals surface area contributed by atoms with Crippen LogP contribution in [-0.2, 0) is 4.79 Å². The molecular formula is C25H30ClNO2. The van der Waals surface area contributed by atoms with Gasteiger partial charge in [-0.15, -0.1) is 0 Å². The molecular weight excluding hydrogens is 382 g/mol. The third-order valence-corrected chi connectivity index (χ3v) is 5.01. The number of hydrogen-bond donors (Lipinski definition) is 1. The molecule has 0 atom stereocenters. The zero-order valence-corrected chi connectivity index (χ0v) is 17.9. The highest BCUT2D eigenvalue weighted by Crippen LogP contribution is 2.14. The van der Waals surface area contributed by atoms with Crippen LogP contribution in [-0.4, -0.2) is 11.7 Å². The molecule has 0 aliphatic carbocycles. The number of hydrogen-bond acceptors (Lipinski definition) is 2. The fraction of sp³-hybridized carbons (Fsp3) is 0.360. The fourth-order valence-electron chi connectivity index (χ4n) is 3.03. The predicted octanol–water partition coefficient (Wildman–Crippen LogP) is 7.32. The number of anilines is 1. The molecule has 4 heteroatoms. The molecule has 1 N–H and O–H groups in total. The van der Waals surface area contributed by atoms with E-state index in [0.717, 1.165) is 24.1 Å². The van der Waals surface area contributed by atoms with Gasteiger partial charge in [0.05, 0.1) is 0 Å². The van der Waals surface area contributed by atoms with Crippen molar-refractivity contribution in [1.82, 2.24) is 0 Å². The molecule has 1 amide bonds. The number of rotatable bonds is 12. The highest BCUT2D eigenvalue weighted by molar-refractivity contribution is 6.30. The molecule has 0 radical (unpaired) electrons. The van der Waals surface area contributed by atoms with Crippen molar-refractivity contribution < 1.29 is 9.59 Å². The lowest BCUT2D eigenvalue weighted by molar-refractivity contribution is -0.116. The Morgan fingerprint density at radius 3 is 2.14 bits per heavy atom. The Morgan fingerprint density at radius 1 is 0.862 bits per heavy atom. The summed E-state index contributed by atoms with van der Waals surface area (Å²) in [7, 11) is 0. The van der Waals surface area contributed by atoms with Crippen LogP contribution in [0.4, 0.5) is 5.69 Å². The highest BCUT2D eigenvalue weighted by Gasteiger charge is 2.05. The zero-order chi connectivity index (χ0) is 20.9. The second-order valence-corrected chi connectivity index (χ2v) is 7.68. The summed E-state index contributed by atoms with van der Waals surface area (Å²) in [5, 5.41) is 3.57. The molecule has 3 nitrogen and oxygen atoms in total. The van der Waals surface area contributed by atoms with Crippen LogP contribution >= 0.6 is 11.6 Å². The first-order valence-corrected chi connectivity index (χ1v) is 10.8. The minimum Gasteiger partial charge on any atom is -0.326 e. The molecule has 0 saturated heterocycles. The SMILES string of the molecule is CCCCCCCCCC(=O)Nc1ccc(C(=O)/C=C/c2ccc(Cl)cc2)cc1. The smallest absolute Gasteiger partial charge is 0.224 e. The monoisotopic (exact) mass is 411 g/mol. The highest BCUT2D eigenvalue weighted by atomic mass is 35.5. The normalized spacial score (nSPS) is 11.0. The third kappa shape index (κ3) is 9.10. The summed E-state index contributed by atoms with van der Waals surface area (Å²) in [6, 6.07) is 14.3. The van der Waals surface area contributed by atoms with E-state index in [1.165, 1.54) is 38.2 Å². The Kier molecular flexibility index (Phi) is 10.2. The molecule has 0 spiro atoms. The number of nitrogens with one attached hydrogen (secondary N) is 1. The van der Waals surface area contributed by atoms with E-state index in [0.29, 0.717) is 17.0 Å². The second kappa shape index (κ2) is 12.9. The molecule has 0 aliphatic rings. The standard InChI is InChI=1S/C25H30ClNO2/c1-2-3-4-5-6-7-8-9-25(29)27-23-17-13-21(14-18-23)24(28)19-12-20-10-15-22(26)16-11-20/h10-19H,2-9H2,1H3,(H,27,29)/b19-12+. The Bertz CT molecular complexity index is 795. The van der Waals surface area contributed by atoms with Crippen LogP contribution < -0.4 is 5.32 Å². The lowest BCUT2D eigenvalue weighted by Gasteiger charge is -2.06. The summed E-state index contributed by atoms with van der Waals surface area (Å²) in [5.41, 5.74) is 2.22. The maximum atomic E-state index is 12.3. The van der Waals surface area contributed by atoms with Gasteiger partial charge in [-0.1, -0.05) is 75.3 Å².